The number of anilines is 2. The van der Waals surface area contributed by atoms with Crippen molar-refractivity contribution < 1.29 is 28.6 Å². The third kappa shape index (κ3) is 5.30. The number of esters is 1. The SMILES string of the molecule is COC(=O)c1ccc(NC(=O)CCC(=O)Nc2ccc(F)cc2)c(O)c1. The normalized spacial score (nSPS) is 10.1. The van der Waals surface area contributed by atoms with Crippen molar-refractivity contribution in [1.29, 1.82) is 0 Å². The van der Waals surface area contributed by atoms with Crippen LogP contribution >= 0.6 is 0 Å². The fraction of sp³-hybridized carbons (Fsp3) is 0.167. The first kappa shape index (κ1) is 18.9. The summed E-state index contributed by atoms with van der Waals surface area (Å²) in [7, 11) is 1.21. The Kier molecular flexibility index (Phi) is 6.26. The molecule has 136 valence electrons. The Labute approximate surface area is 148 Å². The molecule has 0 aromatic heterocycles. The second-order valence-corrected chi connectivity index (χ2v) is 5.33. The number of carbonyl (C=O) groups is 3. The van der Waals surface area contributed by atoms with Crippen molar-refractivity contribution in [2.75, 3.05) is 17.7 Å². The number of phenolic OH excluding ortho intramolecular Hbond substituents is 1. The van der Waals surface area contributed by atoms with Gasteiger partial charge in [-0.15, -0.1) is 0 Å². The number of hydrogen-bond donors (Lipinski definition) is 3. The van der Waals surface area contributed by atoms with Gasteiger partial charge in [-0.3, -0.25) is 9.59 Å². The molecule has 0 bridgehead atoms. The molecule has 0 radical (unpaired) electrons. The lowest BCUT2D eigenvalue weighted by Crippen LogP contribution is -2.17. The smallest absolute Gasteiger partial charge is 0.337 e. The van der Waals surface area contributed by atoms with E-state index >= 15 is 0 Å². The van der Waals surface area contributed by atoms with E-state index in [0.717, 1.165) is 0 Å². The first-order valence-electron chi connectivity index (χ1n) is 7.65. The number of ether oxygens (including phenoxy) is 1. The summed E-state index contributed by atoms with van der Waals surface area (Å²) in [6.07, 6.45) is -0.213. The Morgan fingerprint density at radius 2 is 1.62 bits per heavy atom. The Morgan fingerprint density at radius 3 is 2.19 bits per heavy atom. The predicted octanol–water partition coefficient (Wildman–Crippen LogP) is 2.68. The van der Waals surface area contributed by atoms with Crippen molar-refractivity contribution in [3.8, 4) is 5.75 Å². The van der Waals surface area contributed by atoms with Gasteiger partial charge in [-0.05, 0) is 42.5 Å². The number of benzene rings is 2. The van der Waals surface area contributed by atoms with Crippen LogP contribution in [0.5, 0.6) is 5.75 Å². The monoisotopic (exact) mass is 360 g/mol. The van der Waals surface area contributed by atoms with E-state index in [4.69, 9.17) is 0 Å². The zero-order valence-corrected chi connectivity index (χ0v) is 13.9. The van der Waals surface area contributed by atoms with Crippen LogP contribution in [0, 0.1) is 5.82 Å². The zero-order valence-electron chi connectivity index (χ0n) is 13.9. The molecule has 0 unspecified atom stereocenters. The third-order valence-electron chi connectivity index (χ3n) is 3.40. The maximum atomic E-state index is 12.8. The Morgan fingerprint density at radius 1 is 1.00 bits per heavy atom. The van der Waals surface area contributed by atoms with E-state index < -0.39 is 23.6 Å². The Hall–Kier alpha value is -3.42. The summed E-state index contributed by atoms with van der Waals surface area (Å²) >= 11 is 0. The maximum absolute atomic E-state index is 12.8. The van der Waals surface area contributed by atoms with E-state index in [1.807, 2.05) is 0 Å². The average Bonchev–Trinajstić information content (AvgIpc) is 2.63. The summed E-state index contributed by atoms with van der Waals surface area (Å²) in [4.78, 5) is 35.0. The summed E-state index contributed by atoms with van der Waals surface area (Å²) < 4.78 is 17.3. The molecule has 0 spiro atoms. The molecule has 8 heteroatoms. The summed E-state index contributed by atoms with van der Waals surface area (Å²) in [6.45, 7) is 0. The highest BCUT2D eigenvalue weighted by atomic mass is 19.1. The second-order valence-electron chi connectivity index (χ2n) is 5.33. The van der Waals surface area contributed by atoms with E-state index in [-0.39, 0.29) is 29.8 Å². The number of rotatable bonds is 6. The summed E-state index contributed by atoms with van der Waals surface area (Å²) in [5.74, 6) is -2.22. The van der Waals surface area contributed by atoms with Crippen LogP contribution in [-0.2, 0) is 14.3 Å². The molecule has 0 fully saturated rings. The van der Waals surface area contributed by atoms with Gasteiger partial charge in [-0.25, -0.2) is 9.18 Å². The van der Waals surface area contributed by atoms with E-state index in [0.29, 0.717) is 5.69 Å². The molecule has 7 nitrogen and oxygen atoms in total. The molecule has 0 atom stereocenters. The van der Waals surface area contributed by atoms with E-state index in [2.05, 4.69) is 15.4 Å². The highest BCUT2D eigenvalue weighted by Crippen LogP contribution is 2.24. The first-order chi connectivity index (χ1) is 12.4. The highest BCUT2D eigenvalue weighted by Gasteiger charge is 2.12. The molecule has 2 amide bonds. The van der Waals surface area contributed by atoms with Crippen LogP contribution in [0.15, 0.2) is 42.5 Å². The topological polar surface area (TPSA) is 105 Å². The Bertz CT molecular complexity index is 821. The molecule has 0 aliphatic heterocycles. The van der Waals surface area contributed by atoms with Crippen molar-refractivity contribution >= 4 is 29.2 Å². The number of phenols is 1. The molecule has 0 saturated carbocycles. The molecule has 0 heterocycles. The van der Waals surface area contributed by atoms with Crippen molar-refractivity contribution in [2.45, 2.75) is 12.8 Å². The van der Waals surface area contributed by atoms with Crippen LogP contribution in [0.1, 0.15) is 23.2 Å². The number of hydrogen-bond acceptors (Lipinski definition) is 5. The third-order valence-corrected chi connectivity index (χ3v) is 3.40. The lowest BCUT2D eigenvalue weighted by molar-refractivity contribution is -0.121. The van der Waals surface area contributed by atoms with Crippen molar-refractivity contribution in [1.82, 2.24) is 0 Å². The van der Waals surface area contributed by atoms with Gasteiger partial charge in [-0.2, -0.15) is 0 Å². The van der Waals surface area contributed by atoms with Crippen LogP contribution in [0.25, 0.3) is 0 Å². The van der Waals surface area contributed by atoms with Gasteiger partial charge in [0, 0.05) is 18.5 Å². The fourth-order valence-corrected chi connectivity index (χ4v) is 2.08. The summed E-state index contributed by atoms with van der Waals surface area (Å²) in [6, 6.07) is 9.16. The van der Waals surface area contributed by atoms with Gasteiger partial charge in [0.05, 0.1) is 18.4 Å². The van der Waals surface area contributed by atoms with E-state index in [9.17, 15) is 23.9 Å². The molecule has 2 aromatic carbocycles. The second kappa shape index (κ2) is 8.61. The zero-order chi connectivity index (χ0) is 19.1. The van der Waals surface area contributed by atoms with Gasteiger partial charge in [0.15, 0.2) is 0 Å². The molecule has 0 aliphatic rings. The van der Waals surface area contributed by atoms with Gasteiger partial charge < -0.3 is 20.5 Å². The molecular weight excluding hydrogens is 343 g/mol. The molecule has 3 N–H and O–H groups in total. The number of halogens is 1. The Balaban J connectivity index is 1.85. The van der Waals surface area contributed by atoms with Gasteiger partial charge >= 0.3 is 5.97 Å². The summed E-state index contributed by atoms with van der Waals surface area (Å²) in [5, 5.41) is 14.8. The lowest BCUT2D eigenvalue weighted by atomic mass is 10.2. The fourth-order valence-electron chi connectivity index (χ4n) is 2.08. The van der Waals surface area contributed by atoms with E-state index in [1.54, 1.807) is 0 Å². The summed E-state index contributed by atoms with van der Waals surface area (Å²) in [5.41, 5.74) is 0.677. The number of carbonyl (C=O) groups excluding carboxylic acids is 3. The molecule has 26 heavy (non-hydrogen) atoms. The minimum Gasteiger partial charge on any atom is -0.506 e. The number of methoxy groups -OCH3 is 1. The number of aromatic hydroxyl groups is 1. The molecule has 2 rings (SSSR count). The largest absolute Gasteiger partial charge is 0.506 e. The van der Waals surface area contributed by atoms with Crippen LogP contribution in [-0.4, -0.2) is 30.0 Å². The lowest BCUT2D eigenvalue weighted by Gasteiger charge is -2.09. The standard InChI is InChI=1S/C18H17FN2O5/c1-26-18(25)11-2-7-14(15(22)10-11)21-17(24)9-8-16(23)20-13-5-3-12(19)4-6-13/h2-7,10,22H,8-9H2,1H3,(H,20,23)(H,21,24). The molecule has 2 aromatic rings. The maximum Gasteiger partial charge on any atom is 0.337 e. The highest BCUT2D eigenvalue weighted by molar-refractivity contribution is 5.98. The quantitative estimate of drug-likeness (QED) is 0.543. The van der Waals surface area contributed by atoms with Gasteiger partial charge in [-0.1, -0.05) is 0 Å². The van der Waals surface area contributed by atoms with Crippen molar-refractivity contribution in [2.24, 2.45) is 0 Å². The van der Waals surface area contributed by atoms with Crippen LogP contribution in [0.2, 0.25) is 0 Å². The van der Waals surface area contributed by atoms with E-state index in [1.165, 1.54) is 49.6 Å². The molecule has 0 aliphatic carbocycles. The van der Waals surface area contributed by atoms with Gasteiger partial charge in [0.25, 0.3) is 0 Å². The van der Waals surface area contributed by atoms with Gasteiger partial charge in [0.2, 0.25) is 11.8 Å². The minimum atomic E-state index is -0.615. The number of amides is 2. The average molecular weight is 360 g/mol. The van der Waals surface area contributed by atoms with Crippen molar-refractivity contribution in [3.05, 3.63) is 53.8 Å². The van der Waals surface area contributed by atoms with Crippen molar-refractivity contribution in [3.63, 3.8) is 0 Å². The van der Waals surface area contributed by atoms with Crippen LogP contribution in [0.4, 0.5) is 15.8 Å². The number of nitrogens with one attached hydrogen (secondary N) is 2. The minimum absolute atomic E-state index is 0.0930. The molecular formula is C18H17FN2O5. The van der Waals surface area contributed by atoms with Crippen LogP contribution in [0.3, 0.4) is 0 Å². The van der Waals surface area contributed by atoms with Crippen LogP contribution < -0.4 is 10.6 Å². The predicted molar refractivity (Wildman–Crippen MR) is 92.3 cm³/mol. The first-order valence-corrected chi connectivity index (χ1v) is 7.65. The molecule has 0 saturated heterocycles. The van der Waals surface area contributed by atoms with Gasteiger partial charge in [0.1, 0.15) is 11.6 Å².